The number of fused-ring (bicyclic) bond motifs is 5. The first-order valence-electron chi connectivity index (χ1n) is 13.2. The average Bonchev–Trinajstić information content (AvgIpc) is 3.11. The molecule has 0 spiro atoms. The molecule has 4 saturated carbocycles. The van der Waals surface area contributed by atoms with E-state index in [-0.39, 0.29) is 23.7 Å². The normalized spacial score (nSPS) is 42.2. The number of carbonyl (C=O) groups is 1. The first-order chi connectivity index (χ1) is 15.6. The minimum Gasteiger partial charge on any atom is -0.397 e. The number of nitrogens with zero attached hydrogens (tertiary/aromatic N) is 1. The van der Waals surface area contributed by atoms with Crippen LogP contribution in [0.15, 0.2) is 18.2 Å². The lowest BCUT2D eigenvalue weighted by Crippen LogP contribution is -2.54. The Balaban J connectivity index is 1.31. The molecule has 0 amide bonds. The summed E-state index contributed by atoms with van der Waals surface area (Å²) in [4.78, 5) is 13.6. The molecule has 5 rings (SSSR count). The highest BCUT2D eigenvalue weighted by molar-refractivity contribution is 6.31. The molecule has 0 heterocycles. The summed E-state index contributed by atoms with van der Waals surface area (Å²) in [5.41, 5.74) is 7.95. The summed E-state index contributed by atoms with van der Waals surface area (Å²) in [7, 11) is 0. The zero-order valence-electron chi connectivity index (χ0n) is 20.7. The first-order valence-corrected chi connectivity index (χ1v) is 13.6. The Morgan fingerprint density at radius 2 is 1.79 bits per heavy atom. The molecule has 182 valence electrons. The van der Waals surface area contributed by atoms with E-state index in [9.17, 15) is 4.79 Å². The van der Waals surface area contributed by atoms with Gasteiger partial charge in [-0.3, -0.25) is 4.79 Å². The van der Waals surface area contributed by atoms with Crippen molar-refractivity contribution in [2.45, 2.75) is 78.6 Å². The molecule has 8 atom stereocenters. The van der Waals surface area contributed by atoms with Crippen molar-refractivity contribution in [2.24, 2.45) is 52.2 Å². The Morgan fingerprint density at radius 3 is 2.55 bits per heavy atom. The van der Waals surface area contributed by atoms with E-state index in [0.717, 1.165) is 30.1 Å². The number of hydrogen-bond acceptors (Lipinski definition) is 4. The maximum atomic E-state index is 13.6. The lowest BCUT2D eigenvalue weighted by atomic mass is 9.44. The molecule has 0 aliphatic heterocycles. The minimum absolute atomic E-state index is 0.111. The van der Waals surface area contributed by atoms with E-state index < -0.39 is 0 Å². The van der Waals surface area contributed by atoms with Crippen LogP contribution in [0.25, 0.3) is 0 Å². The van der Waals surface area contributed by atoms with Crippen molar-refractivity contribution in [1.82, 2.24) is 0 Å². The van der Waals surface area contributed by atoms with Crippen LogP contribution in [-0.4, -0.2) is 12.3 Å². The van der Waals surface area contributed by atoms with Gasteiger partial charge in [-0.2, -0.15) is 0 Å². The zero-order chi connectivity index (χ0) is 23.5. The summed E-state index contributed by atoms with van der Waals surface area (Å²) >= 11 is 6.03. The number of nitrogen functional groups attached to an aromatic ring is 1. The second kappa shape index (κ2) is 8.45. The number of rotatable bonds is 4. The highest BCUT2D eigenvalue weighted by Crippen LogP contribution is 2.67. The highest BCUT2D eigenvalue weighted by Gasteiger charge is 2.60. The van der Waals surface area contributed by atoms with Crippen LogP contribution in [0.1, 0.15) is 78.6 Å². The van der Waals surface area contributed by atoms with E-state index in [1.165, 1.54) is 56.4 Å². The molecule has 4 aliphatic carbocycles. The zero-order valence-corrected chi connectivity index (χ0v) is 21.4. The fraction of sp³-hybridized carbons (Fsp3) is 0.750. The van der Waals surface area contributed by atoms with Gasteiger partial charge in [0.2, 0.25) is 0 Å². The monoisotopic (exact) mass is 471 g/mol. The van der Waals surface area contributed by atoms with Gasteiger partial charge in [0.15, 0.2) is 5.78 Å². The SMILES string of the molecule is CC1CCC2(C)C(CCC3C2CCC2(C)C(C(=O)CN(N)c4ccc(Cl)cc4N)CCC32)C1. The maximum absolute atomic E-state index is 13.6. The molecule has 4 N–H and O–H groups in total. The summed E-state index contributed by atoms with van der Waals surface area (Å²) in [5, 5.41) is 2.10. The van der Waals surface area contributed by atoms with Crippen molar-refractivity contribution in [3.05, 3.63) is 23.2 Å². The largest absolute Gasteiger partial charge is 0.397 e. The minimum atomic E-state index is 0.111. The van der Waals surface area contributed by atoms with Crippen molar-refractivity contribution < 1.29 is 4.79 Å². The number of hydrogen-bond donors (Lipinski definition) is 2. The summed E-state index contributed by atoms with van der Waals surface area (Å²) in [5.74, 6) is 10.9. The van der Waals surface area contributed by atoms with E-state index in [1.54, 1.807) is 18.2 Å². The molecular weight excluding hydrogens is 430 g/mol. The molecule has 1 aromatic carbocycles. The van der Waals surface area contributed by atoms with Crippen molar-refractivity contribution in [2.75, 3.05) is 17.3 Å². The summed E-state index contributed by atoms with van der Waals surface area (Å²) in [6, 6.07) is 5.27. The van der Waals surface area contributed by atoms with E-state index in [0.29, 0.717) is 27.7 Å². The smallest absolute Gasteiger partial charge is 0.157 e. The number of halogens is 1. The molecule has 0 bridgehead atoms. The van der Waals surface area contributed by atoms with Crippen LogP contribution in [0.2, 0.25) is 5.02 Å². The van der Waals surface area contributed by atoms with Gasteiger partial charge >= 0.3 is 0 Å². The molecule has 4 nitrogen and oxygen atoms in total. The highest BCUT2D eigenvalue weighted by atomic mass is 35.5. The molecule has 0 aromatic heterocycles. The number of carbonyl (C=O) groups excluding carboxylic acids is 1. The summed E-state index contributed by atoms with van der Waals surface area (Å²) < 4.78 is 0. The van der Waals surface area contributed by atoms with Gasteiger partial charge in [0.05, 0.1) is 17.9 Å². The molecule has 4 fully saturated rings. The Labute approximate surface area is 204 Å². The summed E-state index contributed by atoms with van der Waals surface area (Å²) in [6.07, 6.45) is 11.8. The number of Topliss-reactive ketones (excluding diaryl/α,β-unsaturated/α-hetero) is 1. The van der Waals surface area contributed by atoms with Gasteiger partial charge in [-0.05, 0) is 110 Å². The predicted molar refractivity (Wildman–Crippen MR) is 137 cm³/mol. The number of nitrogens with two attached hydrogens (primary N) is 2. The molecular formula is C28H42ClN3O. The average molecular weight is 472 g/mol. The topological polar surface area (TPSA) is 72.3 Å². The fourth-order valence-electron chi connectivity index (χ4n) is 9.15. The molecule has 0 radical (unpaired) electrons. The Bertz CT molecular complexity index is 920. The van der Waals surface area contributed by atoms with Gasteiger partial charge in [0, 0.05) is 10.9 Å². The molecule has 4 aliphatic rings. The number of benzene rings is 1. The molecule has 8 unspecified atom stereocenters. The lowest BCUT2D eigenvalue weighted by molar-refractivity contribution is -0.135. The Hall–Kier alpha value is -1.26. The van der Waals surface area contributed by atoms with Gasteiger partial charge < -0.3 is 10.7 Å². The second-order valence-electron chi connectivity index (χ2n) is 12.5. The van der Waals surface area contributed by atoms with Crippen LogP contribution in [0.5, 0.6) is 0 Å². The lowest BCUT2D eigenvalue weighted by Gasteiger charge is -2.61. The van der Waals surface area contributed by atoms with Crippen molar-refractivity contribution in [3.8, 4) is 0 Å². The van der Waals surface area contributed by atoms with Gasteiger partial charge in [0.1, 0.15) is 0 Å². The Kier molecular flexibility index (Phi) is 6.01. The molecule has 5 heteroatoms. The first kappa shape index (κ1) is 23.5. The standard InChI is InChI=1S/C28H42ClN3O/c1-17-10-12-27(2)18(14-17)4-6-20-21-7-8-23(28(21,3)13-11-22(20)27)26(33)16-32(31)25-9-5-19(29)15-24(25)30/h5,9,15,17-18,20-23H,4,6-8,10-14,16,30-31H2,1-3H3. The molecule has 33 heavy (non-hydrogen) atoms. The third kappa shape index (κ3) is 3.80. The van der Waals surface area contributed by atoms with Crippen LogP contribution in [0.4, 0.5) is 11.4 Å². The Morgan fingerprint density at radius 1 is 1.06 bits per heavy atom. The fourth-order valence-corrected chi connectivity index (χ4v) is 9.33. The van der Waals surface area contributed by atoms with E-state index in [1.807, 2.05) is 0 Å². The van der Waals surface area contributed by atoms with E-state index in [4.69, 9.17) is 23.2 Å². The van der Waals surface area contributed by atoms with Crippen LogP contribution in [0.3, 0.4) is 0 Å². The maximum Gasteiger partial charge on any atom is 0.157 e. The predicted octanol–water partition coefficient (Wildman–Crippen LogP) is 6.47. The third-order valence-corrected chi connectivity index (χ3v) is 11.2. The van der Waals surface area contributed by atoms with E-state index in [2.05, 4.69) is 20.8 Å². The van der Waals surface area contributed by atoms with Crippen molar-refractivity contribution in [1.29, 1.82) is 0 Å². The van der Waals surface area contributed by atoms with Gasteiger partial charge in [-0.15, -0.1) is 0 Å². The van der Waals surface area contributed by atoms with Crippen LogP contribution in [-0.2, 0) is 4.79 Å². The number of ketones is 1. The number of hydrazine groups is 1. The molecule has 1 aromatic rings. The quantitative estimate of drug-likeness (QED) is 0.300. The van der Waals surface area contributed by atoms with E-state index >= 15 is 0 Å². The molecule has 0 saturated heterocycles. The van der Waals surface area contributed by atoms with Crippen LogP contribution < -0.4 is 16.6 Å². The van der Waals surface area contributed by atoms with Crippen LogP contribution in [0, 0.1) is 46.3 Å². The number of anilines is 2. The van der Waals surface area contributed by atoms with Gasteiger partial charge in [-0.25, -0.2) is 5.84 Å². The van der Waals surface area contributed by atoms with Gasteiger partial charge in [-0.1, -0.05) is 38.8 Å². The van der Waals surface area contributed by atoms with Gasteiger partial charge in [0.25, 0.3) is 0 Å². The van der Waals surface area contributed by atoms with Crippen LogP contribution >= 0.6 is 11.6 Å². The second-order valence-corrected chi connectivity index (χ2v) is 12.9. The summed E-state index contributed by atoms with van der Waals surface area (Å²) in [6.45, 7) is 7.72. The third-order valence-electron chi connectivity index (χ3n) is 10.9. The van der Waals surface area contributed by atoms with Crippen molar-refractivity contribution in [3.63, 3.8) is 0 Å². The van der Waals surface area contributed by atoms with Crippen molar-refractivity contribution >= 4 is 28.8 Å².